The average Bonchev–Trinajstić information content (AvgIpc) is 2.31. The van der Waals surface area contributed by atoms with Crippen molar-refractivity contribution in [1.82, 2.24) is 0 Å². The molecule has 0 atom stereocenters. The quantitative estimate of drug-likeness (QED) is 0.377. The van der Waals surface area contributed by atoms with Crippen molar-refractivity contribution in [2.75, 3.05) is 0 Å². The highest BCUT2D eigenvalue weighted by atomic mass is 19.4. The standard InChI is InChI=1S/C3F3N5/c4-3(5,6)1-2(8-7)10-11-9-1. The van der Waals surface area contributed by atoms with E-state index >= 15 is 0 Å². The molecular weight excluding hydrogens is 163 g/mol. The van der Waals surface area contributed by atoms with Gasteiger partial charge in [0, 0.05) is 0 Å². The molecule has 0 spiro atoms. The minimum Gasteiger partial charge on any atom is -0.497 e. The zero-order chi connectivity index (χ0) is 8.48. The largest absolute Gasteiger partial charge is 0.497 e. The number of hydrogen-bond acceptors (Lipinski definition) is 2. The second kappa shape index (κ2) is 2.24. The summed E-state index contributed by atoms with van der Waals surface area (Å²) in [5, 5.41) is 8.11. The number of amidine groups is 1. The summed E-state index contributed by atoms with van der Waals surface area (Å²) in [5.41, 5.74) is 6.56. The molecule has 0 unspecified atom stereocenters. The van der Waals surface area contributed by atoms with Crippen molar-refractivity contribution in [3.05, 3.63) is 5.53 Å². The second-order valence-electron chi connectivity index (χ2n) is 1.56. The molecule has 0 aromatic heterocycles. The van der Waals surface area contributed by atoms with Gasteiger partial charge in [-0.15, -0.1) is 0 Å². The molecule has 1 heterocycles. The van der Waals surface area contributed by atoms with Crippen molar-refractivity contribution in [3.63, 3.8) is 0 Å². The summed E-state index contributed by atoms with van der Waals surface area (Å²) >= 11 is 0. The van der Waals surface area contributed by atoms with Gasteiger partial charge in [-0.2, -0.15) is 13.2 Å². The average molecular weight is 163 g/mol. The van der Waals surface area contributed by atoms with E-state index in [1.165, 1.54) is 0 Å². The van der Waals surface area contributed by atoms with Crippen molar-refractivity contribution in [1.29, 1.82) is 0 Å². The molecule has 58 valence electrons. The summed E-state index contributed by atoms with van der Waals surface area (Å²) in [6.45, 7) is 0. The molecule has 8 heteroatoms. The van der Waals surface area contributed by atoms with E-state index in [9.17, 15) is 13.2 Å². The van der Waals surface area contributed by atoms with Gasteiger partial charge in [-0.3, -0.25) is 0 Å². The van der Waals surface area contributed by atoms with Crippen LogP contribution in [-0.2, 0) is 0 Å². The second-order valence-corrected chi connectivity index (χ2v) is 1.56. The molecule has 0 radical (unpaired) electrons. The molecule has 0 saturated heterocycles. The van der Waals surface area contributed by atoms with E-state index in [1.54, 1.807) is 0 Å². The molecule has 0 saturated carbocycles. The molecule has 0 aromatic rings. The summed E-state index contributed by atoms with van der Waals surface area (Å²) in [6, 6.07) is 0. The number of rotatable bonds is 0. The van der Waals surface area contributed by atoms with Gasteiger partial charge in [-0.05, 0) is 0 Å². The number of hydrogen-bond donors (Lipinski definition) is 0. The van der Waals surface area contributed by atoms with Gasteiger partial charge in [0.25, 0.3) is 5.71 Å². The Hall–Kier alpha value is -1.56. The maximum Gasteiger partial charge on any atom is 0.461 e. The molecule has 1 aliphatic heterocycles. The minimum atomic E-state index is -4.68. The highest BCUT2D eigenvalue weighted by Gasteiger charge is 2.47. The van der Waals surface area contributed by atoms with Gasteiger partial charge in [0.2, 0.25) is 0 Å². The Morgan fingerprint density at radius 1 is 1.36 bits per heavy atom. The monoisotopic (exact) mass is 163 g/mol. The maximum atomic E-state index is 11.8. The lowest BCUT2D eigenvalue weighted by molar-refractivity contribution is -0.0610. The van der Waals surface area contributed by atoms with Crippen LogP contribution >= 0.6 is 0 Å². The molecule has 0 bridgehead atoms. The van der Waals surface area contributed by atoms with Gasteiger partial charge in [0.15, 0.2) is 0 Å². The van der Waals surface area contributed by atoms with Crippen LogP contribution in [-0.4, -0.2) is 22.5 Å². The Morgan fingerprint density at radius 2 is 2.00 bits per heavy atom. The summed E-state index contributed by atoms with van der Waals surface area (Å²) in [6.07, 6.45) is -4.68. The van der Waals surface area contributed by atoms with E-state index in [-0.39, 0.29) is 0 Å². The highest BCUT2D eigenvalue weighted by molar-refractivity contribution is 6.42. The topological polar surface area (TPSA) is 73.5 Å². The van der Waals surface area contributed by atoms with E-state index in [0.29, 0.717) is 0 Å². The van der Waals surface area contributed by atoms with Gasteiger partial charge in [-0.25, -0.2) is 0 Å². The van der Waals surface area contributed by atoms with E-state index in [4.69, 9.17) is 5.53 Å². The lowest BCUT2D eigenvalue weighted by atomic mass is 10.3. The van der Waals surface area contributed by atoms with Crippen LogP contribution in [0.1, 0.15) is 0 Å². The first-order chi connectivity index (χ1) is 5.05. The third-order valence-electron chi connectivity index (χ3n) is 0.859. The molecule has 1 rings (SSSR count). The Kier molecular flexibility index (Phi) is 1.54. The van der Waals surface area contributed by atoms with Gasteiger partial charge < -0.3 is 10.3 Å². The SMILES string of the molecule is [N-]=[N+]=C1N=NN=C1C(F)(F)F. The molecule has 0 aromatic carbocycles. The summed E-state index contributed by atoms with van der Waals surface area (Å²) in [5.74, 6) is -0.919. The summed E-state index contributed by atoms with van der Waals surface area (Å²) < 4.78 is 35.3. The van der Waals surface area contributed by atoms with Crippen LogP contribution in [0, 0.1) is 0 Å². The summed E-state index contributed by atoms with van der Waals surface area (Å²) in [7, 11) is 0. The fourth-order valence-electron chi connectivity index (χ4n) is 0.452. The van der Waals surface area contributed by atoms with Crippen molar-refractivity contribution in [2.24, 2.45) is 15.4 Å². The summed E-state index contributed by atoms with van der Waals surface area (Å²) in [4.78, 5) is 2.24. The van der Waals surface area contributed by atoms with Crippen LogP contribution in [0.4, 0.5) is 13.2 Å². The Bertz CT molecular complexity index is 280. The van der Waals surface area contributed by atoms with Crippen molar-refractivity contribution >= 4 is 11.5 Å². The van der Waals surface area contributed by atoms with Gasteiger partial charge in [0.05, 0.1) is 5.22 Å². The number of alkyl halides is 3. The molecule has 0 N–H and O–H groups in total. The first-order valence-corrected chi connectivity index (χ1v) is 2.34. The van der Waals surface area contributed by atoms with E-state index < -0.39 is 17.7 Å². The molecular formula is C3F3N5. The van der Waals surface area contributed by atoms with Crippen molar-refractivity contribution in [2.45, 2.75) is 6.18 Å². The van der Waals surface area contributed by atoms with Gasteiger partial charge >= 0.3 is 12.0 Å². The molecule has 0 aliphatic carbocycles. The van der Waals surface area contributed by atoms with Crippen LogP contribution in [0.2, 0.25) is 0 Å². The highest BCUT2D eigenvalue weighted by Crippen LogP contribution is 2.20. The van der Waals surface area contributed by atoms with E-state index in [0.717, 1.165) is 0 Å². The van der Waals surface area contributed by atoms with Crippen LogP contribution in [0.5, 0.6) is 0 Å². The zero-order valence-electron chi connectivity index (χ0n) is 4.87. The third kappa shape index (κ3) is 1.30. The zero-order valence-corrected chi connectivity index (χ0v) is 4.87. The fraction of sp³-hybridized carbons (Fsp3) is 0.333. The molecule has 11 heavy (non-hydrogen) atoms. The van der Waals surface area contributed by atoms with Crippen LogP contribution in [0.25, 0.3) is 5.53 Å². The lowest BCUT2D eigenvalue weighted by Crippen LogP contribution is -2.28. The lowest BCUT2D eigenvalue weighted by Gasteiger charge is -1.97. The van der Waals surface area contributed by atoms with Crippen LogP contribution in [0.3, 0.4) is 0 Å². The molecule has 1 aliphatic rings. The molecule has 0 amide bonds. The van der Waals surface area contributed by atoms with Gasteiger partial charge in [-0.1, -0.05) is 5.10 Å². The third-order valence-corrected chi connectivity index (χ3v) is 0.859. The number of nitrogens with zero attached hydrogens (tertiary/aromatic N) is 5. The molecule has 5 nitrogen and oxygen atoms in total. The first kappa shape index (κ1) is 7.55. The van der Waals surface area contributed by atoms with Crippen molar-refractivity contribution < 1.29 is 18.0 Å². The minimum absolute atomic E-state index is 0.919. The van der Waals surface area contributed by atoms with Crippen molar-refractivity contribution in [3.8, 4) is 0 Å². The Balaban J connectivity index is 3.03. The van der Waals surface area contributed by atoms with Crippen LogP contribution in [0.15, 0.2) is 15.4 Å². The predicted molar refractivity (Wildman–Crippen MR) is 27.0 cm³/mol. The maximum absolute atomic E-state index is 11.8. The fourth-order valence-corrected chi connectivity index (χ4v) is 0.452. The normalized spacial score (nSPS) is 16.6. The number of halogens is 3. The van der Waals surface area contributed by atoms with Gasteiger partial charge in [0.1, 0.15) is 5.11 Å². The molecule has 0 fully saturated rings. The first-order valence-electron chi connectivity index (χ1n) is 2.34. The van der Waals surface area contributed by atoms with E-state index in [1.807, 2.05) is 0 Å². The smallest absolute Gasteiger partial charge is 0.461 e. The van der Waals surface area contributed by atoms with E-state index in [2.05, 4.69) is 20.2 Å². The predicted octanol–water partition coefficient (Wildman–Crippen LogP) is 0.999. The Labute approximate surface area is 57.9 Å². The Morgan fingerprint density at radius 3 is 2.36 bits per heavy atom. The van der Waals surface area contributed by atoms with Crippen LogP contribution < -0.4 is 0 Å².